The maximum absolute atomic E-state index is 11.8. The van der Waals surface area contributed by atoms with E-state index in [0.717, 1.165) is 0 Å². The zero-order chi connectivity index (χ0) is 13.5. The second-order valence-corrected chi connectivity index (χ2v) is 3.55. The third-order valence-electron chi connectivity index (χ3n) is 2.30. The number of aromatic carboxylic acids is 1. The molecule has 0 unspecified atom stereocenters. The van der Waals surface area contributed by atoms with Crippen molar-refractivity contribution >= 4 is 11.9 Å². The zero-order valence-electron chi connectivity index (χ0n) is 9.83. The molecule has 0 bridgehead atoms. The summed E-state index contributed by atoms with van der Waals surface area (Å²) in [6, 6.07) is 5.91. The minimum Gasteiger partial charge on any atom is -0.478 e. The highest BCUT2D eigenvalue weighted by Gasteiger charge is 2.18. The normalized spacial score (nSPS) is 11.3. The topological polar surface area (TPSA) is 63.6 Å². The van der Waals surface area contributed by atoms with Crippen LogP contribution in [0, 0.1) is 0 Å². The van der Waals surface area contributed by atoms with Gasteiger partial charge in [0.05, 0.1) is 11.1 Å². The lowest BCUT2D eigenvalue weighted by molar-refractivity contribution is 0.0393. The van der Waals surface area contributed by atoms with Crippen LogP contribution < -0.4 is 0 Å². The molecule has 0 heterocycles. The highest BCUT2D eigenvalue weighted by atomic mass is 16.5. The first-order valence-corrected chi connectivity index (χ1v) is 5.37. The van der Waals surface area contributed by atoms with Crippen LogP contribution in [0.25, 0.3) is 0 Å². The summed E-state index contributed by atoms with van der Waals surface area (Å²) in [5.41, 5.74) is -0.0511. The van der Waals surface area contributed by atoms with Gasteiger partial charge in [-0.2, -0.15) is 0 Å². The second kappa shape index (κ2) is 6.39. The number of carbonyl (C=O) groups is 2. The number of hydrogen-bond acceptors (Lipinski definition) is 3. The van der Waals surface area contributed by atoms with Crippen LogP contribution in [-0.2, 0) is 4.74 Å². The Morgan fingerprint density at radius 3 is 2.39 bits per heavy atom. The third kappa shape index (κ3) is 3.31. The van der Waals surface area contributed by atoms with Gasteiger partial charge in [0.1, 0.15) is 6.10 Å². The number of benzene rings is 1. The number of rotatable bonds is 6. The molecular weight excluding hydrogens is 232 g/mol. The Morgan fingerprint density at radius 2 is 1.89 bits per heavy atom. The first-order chi connectivity index (χ1) is 8.60. The van der Waals surface area contributed by atoms with Gasteiger partial charge in [-0.1, -0.05) is 30.9 Å². The van der Waals surface area contributed by atoms with Gasteiger partial charge in [-0.3, -0.25) is 0 Å². The van der Waals surface area contributed by atoms with E-state index in [1.54, 1.807) is 18.2 Å². The van der Waals surface area contributed by atoms with Crippen LogP contribution in [0.4, 0.5) is 0 Å². The average molecular weight is 246 g/mol. The molecule has 0 spiro atoms. The predicted octanol–water partition coefficient (Wildman–Crippen LogP) is 2.67. The molecule has 0 saturated carbocycles. The van der Waals surface area contributed by atoms with E-state index >= 15 is 0 Å². The summed E-state index contributed by atoms with van der Waals surface area (Å²) >= 11 is 0. The van der Waals surface area contributed by atoms with Crippen LogP contribution in [0.1, 0.15) is 27.1 Å². The molecule has 18 heavy (non-hydrogen) atoms. The van der Waals surface area contributed by atoms with Crippen molar-refractivity contribution in [3.8, 4) is 0 Å². The van der Waals surface area contributed by atoms with Crippen molar-refractivity contribution in [2.24, 2.45) is 0 Å². The van der Waals surface area contributed by atoms with E-state index < -0.39 is 18.0 Å². The van der Waals surface area contributed by atoms with Crippen molar-refractivity contribution in [1.29, 1.82) is 0 Å². The second-order valence-electron chi connectivity index (χ2n) is 3.55. The molecule has 0 fully saturated rings. The van der Waals surface area contributed by atoms with Gasteiger partial charge in [0.2, 0.25) is 0 Å². The van der Waals surface area contributed by atoms with Gasteiger partial charge >= 0.3 is 11.9 Å². The standard InChI is InChI=1S/C14H14O4/c1-3-7-10(4-2)18-14(17)12-9-6-5-8-11(12)13(15)16/h3-6,8-10H,1-2,7H2,(H,15,16)/t10-/m0/s1. The molecule has 1 rings (SSSR count). The van der Waals surface area contributed by atoms with Crippen molar-refractivity contribution in [3.05, 3.63) is 60.7 Å². The summed E-state index contributed by atoms with van der Waals surface area (Å²) in [4.78, 5) is 22.8. The predicted molar refractivity (Wildman–Crippen MR) is 67.6 cm³/mol. The highest BCUT2D eigenvalue weighted by Crippen LogP contribution is 2.13. The summed E-state index contributed by atoms with van der Waals surface area (Å²) < 4.78 is 5.13. The van der Waals surface area contributed by atoms with Gasteiger partial charge in [0, 0.05) is 6.42 Å². The monoisotopic (exact) mass is 246 g/mol. The fourth-order valence-corrected chi connectivity index (χ4v) is 1.41. The lowest BCUT2D eigenvalue weighted by Gasteiger charge is -2.13. The van der Waals surface area contributed by atoms with E-state index in [1.165, 1.54) is 18.2 Å². The number of carboxylic acid groups (broad SMARTS) is 1. The molecule has 0 aliphatic heterocycles. The van der Waals surface area contributed by atoms with Crippen molar-refractivity contribution in [3.63, 3.8) is 0 Å². The van der Waals surface area contributed by atoms with Crippen molar-refractivity contribution in [1.82, 2.24) is 0 Å². The van der Waals surface area contributed by atoms with Crippen LogP contribution in [0.2, 0.25) is 0 Å². The molecule has 94 valence electrons. The minimum absolute atomic E-state index is 0.0286. The summed E-state index contributed by atoms with van der Waals surface area (Å²) in [5.74, 6) is -1.85. The third-order valence-corrected chi connectivity index (χ3v) is 2.30. The number of ether oxygens (including phenoxy) is 1. The number of carbonyl (C=O) groups excluding carboxylic acids is 1. The van der Waals surface area contributed by atoms with Crippen LogP contribution in [0.15, 0.2) is 49.6 Å². The molecule has 0 aromatic heterocycles. The van der Waals surface area contributed by atoms with Gasteiger partial charge in [-0.05, 0) is 12.1 Å². The van der Waals surface area contributed by atoms with Crippen LogP contribution in [-0.4, -0.2) is 23.1 Å². The van der Waals surface area contributed by atoms with Crippen LogP contribution in [0.5, 0.6) is 0 Å². The smallest absolute Gasteiger partial charge is 0.339 e. The molecule has 0 aliphatic rings. The minimum atomic E-state index is -1.17. The highest BCUT2D eigenvalue weighted by molar-refractivity contribution is 6.02. The van der Waals surface area contributed by atoms with Crippen molar-refractivity contribution in [2.45, 2.75) is 12.5 Å². The Balaban J connectivity index is 2.93. The molecular formula is C14H14O4. The summed E-state index contributed by atoms with van der Waals surface area (Å²) in [6.45, 7) is 7.08. The fourth-order valence-electron chi connectivity index (χ4n) is 1.41. The van der Waals surface area contributed by atoms with Gasteiger partial charge in [-0.25, -0.2) is 9.59 Å². The lowest BCUT2D eigenvalue weighted by Crippen LogP contribution is -2.18. The van der Waals surface area contributed by atoms with Gasteiger partial charge in [0.15, 0.2) is 0 Å². The zero-order valence-corrected chi connectivity index (χ0v) is 9.83. The molecule has 1 atom stereocenters. The maximum Gasteiger partial charge on any atom is 0.339 e. The van der Waals surface area contributed by atoms with E-state index in [4.69, 9.17) is 9.84 Å². The quantitative estimate of drug-likeness (QED) is 0.619. The molecule has 0 amide bonds. The number of carboxylic acids is 1. The van der Waals surface area contributed by atoms with E-state index in [0.29, 0.717) is 6.42 Å². The molecule has 4 heteroatoms. The van der Waals surface area contributed by atoms with Crippen LogP contribution in [0.3, 0.4) is 0 Å². The van der Waals surface area contributed by atoms with E-state index in [1.807, 2.05) is 0 Å². The van der Waals surface area contributed by atoms with Crippen molar-refractivity contribution in [2.75, 3.05) is 0 Å². The van der Waals surface area contributed by atoms with Gasteiger partial charge in [-0.15, -0.1) is 6.58 Å². The molecule has 1 aromatic rings. The van der Waals surface area contributed by atoms with Crippen LogP contribution >= 0.6 is 0 Å². The van der Waals surface area contributed by atoms with E-state index in [9.17, 15) is 9.59 Å². The summed E-state index contributed by atoms with van der Waals surface area (Å²) in [6.07, 6.45) is 3.01. The van der Waals surface area contributed by atoms with Gasteiger partial charge < -0.3 is 9.84 Å². The Bertz CT molecular complexity index is 476. The van der Waals surface area contributed by atoms with Crippen molar-refractivity contribution < 1.29 is 19.4 Å². The Labute approximate surface area is 105 Å². The SMILES string of the molecule is C=CC[C@H](C=C)OC(=O)c1ccccc1C(=O)O. The van der Waals surface area contributed by atoms with E-state index in [-0.39, 0.29) is 11.1 Å². The largest absolute Gasteiger partial charge is 0.478 e. The summed E-state index contributed by atoms with van der Waals surface area (Å²) in [5, 5.41) is 8.97. The molecule has 1 aromatic carbocycles. The molecule has 0 aliphatic carbocycles. The Hall–Kier alpha value is -2.36. The number of esters is 1. The molecule has 0 radical (unpaired) electrons. The fraction of sp³-hybridized carbons (Fsp3) is 0.143. The molecule has 4 nitrogen and oxygen atoms in total. The maximum atomic E-state index is 11.8. The summed E-state index contributed by atoms with van der Waals surface area (Å²) in [7, 11) is 0. The average Bonchev–Trinajstić information content (AvgIpc) is 2.38. The van der Waals surface area contributed by atoms with Gasteiger partial charge in [0.25, 0.3) is 0 Å². The lowest BCUT2D eigenvalue weighted by atomic mass is 10.1. The van der Waals surface area contributed by atoms with E-state index in [2.05, 4.69) is 13.2 Å². The Morgan fingerprint density at radius 1 is 1.28 bits per heavy atom. The first-order valence-electron chi connectivity index (χ1n) is 5.37. The molecule has 0 saturated heterocycles. The Kier molecular flexibility index (Phi) is 4.87. The number of hydrogen-bond donors (Lipinski definition) is 1. The molecule has 1 N–H and O–H groups in total. The first kappa shape index (κ1) is 13.7.